The maximum atomic E-state index is 12.4. The number of nitrogens with one attached hydrogen (secondary N) is 2. The average molecular weight is 500 g/mol. The van der Waals surface area contributed by atoms with Gasteiger partial charge >= 0.3 is 30.0 Å². The van der Waals surface area contributed by atoms with Crippen LogP contribution < -0.4 is 10.6 Å². The van der Waals surface area contributed by atoms with Crippen LogP contribution in [0.5, 0.6) is 0 Å². The fraction of sp³-hybridized carbons (Fsp3) is 0.706. The molecule has 0 aliphatic carbocycles. The van der Waals surface area contributed by atoms with E-state index in [4.69, 9.17) is 14.2 Å². The molecule has 0 spiro atoms. The number of ether oxygens (including phenoxy) is 3. The van der Waals surface area contributed by atoms with E-state index in [1.807, 2.05) is 0 Å². The molecule has 2 N–H and O–H groups in total. The highest BCUT2D eigenvalue weighted by Gasteiger charge is 2.22. The minimum atomic E-state index is -0.802. The van der Waals surface area contributed by atoms with Crippen molar-refractivity contribution in [1.82, 2.24) is 15.5 Å². The minimum Gasteiger partial charge on any atom is -0.463 e. The van der Waals surface area contributed by atoms with Crippen LogP contribution in [0.2, 0.25) is 0 Å². The first-order chi connectivity index (χ1) is 14.5. The Balaban J connectivity index is 4.68. The smallest absolute Gasteiger partial charge is 0.325 e. The van der Waals surface area contributed by atoms with Gasteiger partial charge < -0.3 is 24.8 Å². The van der Waals surface area contributed by atoms with Crippen molar-refractivity contribution in [3.8, 4) is 0 Å². The van der Waals surface area contributed by atoms with E-state index in [-0.39, 0.29) is 39.5 Å². The lowest BCUT2D eigenvalue weighted by Crippen LogP contribution is -2.51. The lowest BCUT2D eigenvalue weighted by molar-refractivity contribution is -0.143. The zero-order valence-corrected chi connectivity index (χ0v) is 20.2. The van der Waals surface area contributed by atoms with Gasteiger partial charge in [0.25, 0.3) is 0 Å². The third kappa shape index (κ3) is 13.3. The first-order valence-corrected chi connectivity index (χ1v) is 10.9. The van der Waals surface area contributed by atoms with Crippen LogP contribution >= 0.6 is 37.9 Å². The number of carbonyl (C=O) groups is 5. The van der Waals surface area contributed by atoms with Gasteiger partial charge in [-0.15, -0.1) is 0 Å². The zero-order chi connectivity index (χ0) is 24.0. The first-order valence-electron chi connectivity index (χ1n) is 9.34. The minimum absolute atomic E-state index is 0.0558. The molecule has 0 bridgehead atoms. The summed E-state index contributed by atoms with van der Waals surface area (Å²) in [6.07, 6.45) is 0. The highest BCUT2D eigenvalue weighted by molar-refractivity contribution is 7.82. The van der Waals surface area contributed by atoms with Crippen molar-refractivity contribution in [2.24, 2.45) is 0 Å². The summed E-state index contributed by atoms with van der Waals surface area (Å²) in [5.74, 6) is -1.71. The highest BCUT2D eigenvalue weighted by Crippen LogP contribution is 1.99. The highest BCUT2D eigenvalue weighted by atomic mass is 32.1. The third-order valence-electron chi connectivity index (χ3n) is 3.32. The molecule has 0 heterocycles. The number of thiol groups is 3. The summed E-state index contributed by atoms with van der Waals surface area (Å²) in [5, 5.41) is 2.95. The number of imide groups is 1. The predicted octanol–water partition coefficient (Wildman–Crippen LogP) is 0.292. The average Bonchev–Trinajstić information content (AvgIpc) is 2.70. The Morgan fingerprint density at radius 2 is 1.00 bits per heavy atom. The van der Waals surface area contributed by atoms with Crippen LogP contribution in [0.4, 0.5) is 9.59 Å². The Morgan fingerprint density at radius 3 is 1.32 bits per heavy atom. The van der Waals surface area contributed by atoms with Gasteiger partial charge in [-0.3, -0.25) is 14.4 Å². The molecule has 0 aromatic carbocycles. The van der Waals surface area contributed by atoms with E-state index in [2.05, 4.69) is 48.5 Å². The Kier molecular flexibility index (Phi) is 15.0. The maximum Gasteiger partial charge on any atom is 0.325 e. The number of urea groups is 2. The standard InChI is InChI=1S/C17H29N3O8S3/c1-10(29)13(21)26-7-4-18-16(24)20(6-9-28-15(23)12(3)31)17(25)19-5-8-27-14(22)11(2)30/h10-12,29-31H,4-9H2,1-3H3,(H,18,24)(H,19,25). The molecule has 0 aromatic heterocycles. The van der Waals surface area contributed by atoms with Gasteiger partial charge in [0.15, 0.2) is 0 Å². The van der Waals surface area contributed by atoms with Crippen molar-refractivity contribution < 1.29 is 38.2 Å². The molecule has 178 valence electrons. The van der Waals surface area contributed by atoms with Crippen LogP contribution in [0, 0.1) is 0 Å². The first kappa shape index (κ1) is 29.2. The molecule has 0 rings (SSSR count). The molecular formula is C17H29N3O8S3. The van der Waals surface area contributed by atoms with E-state index in [9.17, 15) is 24.0 Å². The van der Waals surface area contributed by atoms with Crippen molar-refractivity contribution in [3.05, 3.63) is 0 Å². The molecule has 31 heavy (non-hydrogen) atoms. The van der Waals surface area contributed by atoms with E-state index in [1.165, 1.54) is 20.8 Å². The summed E-state index contributed by atoms with van der Waals surface area (Å²) < 4.78 is 14.7. The Labute approximate surface area is 197 Å². The van der Waals surface area contributed by atoms with Crippen molar-refractivity contribution >= 4 is 67.9 Å². The molecular weight excluding hydrogens is 470 g/mol. The summed E-state index contributed by atoms with van der Waals surface area (Å²) in [6.45, 7) is 3.76. The molecule has 3 atom stereocenters. The summed E-state index contributed by atoms with van der Waals surface area (Å²) in [7, 11) is 0. The van der Waals surface area contributed by atoms with Crippen molar-refractivity contribution in [2.75, 3.05) is 39.5 Å². The summed E-state index contributed by atoms with van der Waals surface area (Å²) in [5.41, 5.74) is 0. The number of hydrogen-bond donors (Lipinski definition) is 5. The van der Waals surface area contributed by atoms with Crippen LogP contribution in [0.1, 0.15) is 20.8 Å². The number of carbonyl (C=O) groups excluding carboxylic acids is 5. The van der Waals surface area contributed by atoms with Crippen LogP contribution in [-0.4, -0.2) is 90.1 Å². The van der Waals surface area contributed by atoms with Crippen molar-refractivity contribution in [1.29, 1.82) is 0 Å². The predicted molar refractivity (Wildman–Crippen MR) is 122 cm³/mol. The van der Waals surface area contributed by atoms with Gasteiger partial charge in [-0.05, 0) is 20.8 Å². The molecule has 0 fully saturated rings. The monoisotopic (exact) mass is 499 g/mol. The fourth-order valence-electron chi connectivity index (χ4n) is 1.70. The number of esters is 3. The molecule has 0 saturated carbocycles. The van der Waals surface area contributed by atoms with Crippen LogP contribution in [0.3, 0.4) is 0 Å². The molecule has 0 radical (unpaired) electrons. The van der Waals surface area contributed by atoms with Crippen LogP contribution in [-0.2, 0) is 28.6 Å². The quantitative estimate of drug-likeness (QED) is 0.112. The largest absolute Gasteiger partial charge is 0.463 e. The number of nitrogens with zero attached hydrogens (tertiary/aromatic N) is 1. The lowest BCUT2D eigenvalue weighted by Gasteiger charge is -2.22. The van der Waals surface area contributed by atoms with Crippen LogP contribution in [0.25, 0.3) is 0 Å². The number of hydrogen-bond acceptors (Lipinski definition) is 11. The molecule has 0 aromatic rings. The van der Waals surface area contributed by atoms with Crippen LogP contribution in [0.15, 0.2) is 0 Å². The SMILES string of the molecule is CC(S)C(=O)OCCNC(=O)N(CCOC(=O)C(C)S)C(=O)NCCOC(=O)C(C)S. The second-order valence-corrected chi connectivity index (χ2v) is 8.47. The molecule has 14 heteroatoms. The summed E-state index contributed by atoms with van der Waals surface area (Å²) >= 11 is 11.8. The van der Waals surface area contributed by atoms with Gasteiger partial charge in [-0.25, -0.2) is 14.5 Å². The van der Waals surface area contributed by atoms with E-state index in [1.54, 1.807) is 0 Å². The van der Waals surface area contributed by atoms with Crippen molar-refractivity contribution in [2.45, 2.75) is 36.5 Å². The topological polar surface area (TPSA) is 140 Å². The Hall–Kier alpha value is -1.80. The van der Waals surface area contributed by atoms with Gasteiger partial charge in [-0.2, -0.15) is 37.9 Å². The van der Waals surface area contributed by atoms with E-state index >= 15 is 0 Å². The van der Waals surface area contributed by atoms with Gasteiger partial charge in [0.05, 0.1) is 35.4 Å². The Bertz CT molecular complexity index is 592. The second kappa shape index (κ2) is 15.9. The Morgan fingerprint density at radius 1 is 0.677 bits per heavy atom. The molecule has 0 saturated heterocycles. The van der Waals surface area contributed by atoms with Crippen molar-refractivity contribution in [3.63, 3.8) is 0 Å². The van der Waals surface area contributed by atoms with E-state index in [0.717, 1.165) is 4.90 Å². The second-order valence-electron chi connectivity index (χ2n) is 6.15. The molecule has 0 aliphatic rings. The fourth-order valence-corrected chi connectivity index (χ4v) is 1.93. The molecule has 0 aliphatic heterocycles. The van der Waals surface area contributed by atoms with Gasteiger partial charge in [0, 0.05) is 0 Å². The number of amides is 4. The molecule has 11 nitrogen and oxygen atoms in total. The van der Waals surface area contributed by atoms with E-state index in [0.29, 0.717) is 0 Å². The molecule has 3 unspecified atom stereocenters. The van der Waals surface area contributed by atoms with Gasteiger partial charge in [-0.1, -0.05) is 0 Å². The summed E-state index contributed by atoms with van der Waals surface area (Å²) in [6, 6.07) is -1.60. The maximum absolute atomic E-state index is 12.4. The third-order valence-corrected chi connectivity index (χ3v) is 3.95. The van der Waals surface area contributed by atoms with E-state index < -0.39 is 45.7 Å². The van der Waals surface area contributed by atoms with Gasteiger partial charge in [0.1, 0.15) is 19.8 Å². The summed E-state index contributed by atoms with van der Waals surface area (Å²) in [4.78, 5) is 59.7. The van der Waals surface area contributed by atoms with Gasteiger partial charge in [0.2, 0.25) is 0 Å². The number of rotatable bonds is 12. The lowest BCUT2D eigenvalue weighted by atomic mass is 10.5. The normalized spacial score (nSPS) is 13.2. The molecule has 4 amide bonds. The zero-order valence-electron chi connectivity index (χ0n) is 17.5.